The van der Waals surface area contributed by atoms with Crippen LogP contribution in [0.2, 0.25) is 0 Å². The second kappa shape index (κ2) is 5.42. The average molecular weight is 319 g/mol. The van der Waals surface area contributed by atoms with E-state index in [1.165, 1.54) is 12.1 Å². The van der Waals surface area contributed by atoms with Gasteiger partial charge in [-0.25, -0.2) is 4.98 Å². The Balaban J connectivity index is 1.73. The standard InChI is InChI=1S/C18H13N3O3/c22-18(16-8-6-12-3-1-2-4-15(12)19-16)20-10-9-13-5-7-14(21(23)24)11-17(13)20/h1-8,11H,9-10H2. The second-order valence-corrected chi connectivity index (χ2v) is 5.67. The lowest BCUT2D eigenvalue weighted by Gasteiger charge is -2.17. The third-order valence-electron chi connectivity index (χ3n) is 4.24. The summed E-state index contributed by atoms with van der Waals surface area (Å²) in [5.74, 6) is -0.236. The molecule has 0 N–H and O–H groups in total. The zero-order valence-corrected chi connectivity index (χ0v) is 12.7. The minimum Gasteiger partial charge on any atom is -0.306 e. The van der Waals surface area contributed by atoms with Crippen LogP contribution in [0.25, 0.3) is 10.9 Å². The lowest BCUT2D eigenvalue weighted by Crippen LogP contribution is -2.29. The molecule has 0 fully saturated rings. The maximum Gasteiger partial charge on any atom is 0.276 e. The number of pyridine rings is 1. The zero-order valence-electron chi connectivity index (χ0n) is 12.7. The molecular formula is C18H13N3O3. The Hall–Kier alpha value is -3.28. The quantitative estimate of drug-likeness (QED) is 0.536. The maximum absolute atomic E-state index is 12.8. The normalized spacial score (nSPS) is 13.1. The molecule has 0 aliphatic carbocycles. The van der Waals surface area contributed by atoms with Crippen LogP contribution < -0.4 is 4.90 Å². The van der Waals surface area contributed by atoms with Crippen molar-refractivity contribution in [3.05, 3.63) is 76.0 Å². The van der Waals surface area contributed by atoms with Crippen molar-refractivity contribution >= 4 is 28.2 Å². The van der Waals surface area contributed by atoms with E-state index < -0.39 is 4.92 Å². The average Bonchev–Trinajstić information content (AvgIpc) is 3.03. The van der Waals surface area contributed by atoms with E-state index in [4.69, 9.17) is 0 Å². The summed E-state index contributed by atoms with van der Waals surface area (Å²) in [6.07, 6.45) is 0.687. The number of carbonyl (C=O) groups excluding carboxylic acids is 1. The molecule has 0 saturated heterocycles. The molecule has 2 heterocycles. The molecule has 3 aromatic rings. The highest BCUT2D eigenvalue weighted by atomic mass is 16.6. The third-order valence-corrected chi connectivity index (χ3v) is 4.24. The third kappa shape index (κ3) is 2.28. The maximum atomic E-state index is 12.8. The van der Waals surface area contributed by atoms with Crippen LogP contribution in [0.15, 0.2) is 54.6 Å². The van der Waals surface area contributed by atoms with Crippen LogP contribution in [-0.4, -0.2) is 22.4 Å². The molecule has 0 bridgehead atoms. The van der Waals surface area contributed by atoms with Gasteiger partial charge in [-0.05, 0) is 24.1 Å². The van der Waals surface area contributed by atoms with E-state index in [9.17, 15) is 14.9 Å². The van der Waals surface area contributed by atoms with E-state index in [-0.39, 0.29) is 11.6 Å². The number of nitro benzene ring substituents is 1. The molecular weight excluding hydrogens is 306 g/mol. The molecule has 1 aliphatic rings. The van der Waals surface area contributed by atoms with Gasteiger partial charge in [-0.15, -0.1) is 0 Å². The van der Waals surface area contributed by atoms with Crippen LogP contribution in [-0.2, 0) is 6.42 Å². The Morgan fingerprint density at radius 2 is 1.96 bits per heavy atom. The summed E-state index contributed by atoms with van der Waals surface area (Å²) >= 11 is 0. The van der Waals surface area contributed by atoms with E-state index in [0.29, 0.717) is 24.3 Å². The largest absolute Gasteiger partial charge is 0.306 e. The molecule has 1 aliphatic heterocycles. The number of nitro groups is 1. The highest BCUT2D eigenvalue weighted by Gasteiger charge is 2.28. The lowest BCUT2D eigenvalue weighted by atomic mass is 10.1. The van der Waals surface area contributed by atoms with Gasteiger partial charge < -0.3 is 4.90 Å². The van der Waals surface area contributed by atoms with Gasteiger partial charge in [0.25, 0.3) is 11.6 Å². The zero-order chi connectivity index (χ0) is 16.7. The molecule has 0 atom stereocenters. The number of non-ortho nitro benzene ring substituents is 1. The van der Waals surface area contributed by atoms with Crippen LogP contribution in [0.3, 0.4) is 0 Å². The Kier molecular flexibility index (Phi) is 3.23. The fourth-order valence-electron chi connectivity index (χ4n) is 3.02. The summed E-state index contributed by atoms with van der Waals surface area (Å²) in [4.78, 5) is 29.4. The minimum atomic E-state index is -0.449. The van der Waals surface area contributed by atoms with Gasteiger partial charge in [0.15, 0.2) is 0 Å². The van der Waals surface area contributed by atoms with E-state index in [1.807, 2.05) is 30.3 Å². The Labute approximate surface area is 137 Å². The van der Waals surface area contributed by atoms with Gasteiger partial charge in [-0.2, -0.15) is 0 Å². The summed E-state index contributed by atoms with van der Waals surface area (Å²) in [6.45, 7) is 0.504. The lowest BCUT2D eigenvalue weighted by molar-refractivity contribution is -0.384. The van der Waals surface area contributed by atoms with E-state index in [2.05, 4.69) is 4.98 Å². The molecule has 2 aromatic carbocycles. The molecule has 6 nitrogen and oxygen atoms in total. The van der Waals surface area contributed by atoms with Crippen LogP contribution >= 0.6 is 0 Å². The number of rotatable bonds is 2. The van der Waals surface area contributed by atoms with Crippen LogP contribution in [0.4, 0.5) is 11.4 Å². The molecule has 0 saturated carbocycles. The van der Waals surface area contributed by atoms with Crippen molar-refractivity contribution in [3.8, 4) is 0 Å². The first kappa shape index (κ1) is 14.3. The number of carbonyl (C=O) groups is 1. The Morgan fingerprint density at radius 3 is 2.79 bits per heavy atom. The van der Waals surface area contributed by atoms with Crippen molar-refractivity contribution in [3.63, 3.8) is 0 Å². The fourth-order valence-corrected chi connectivity index (χ4v) is 3.02. The Morgan fingerprint density at radius 1 is 1.12 bits per heavy atom. The molecule has 0 radical (unpaired) electrons. The first-order chi connectivity index (χ1) is 11.6. The van der Waals surface area contributed by atoms with E-state index in [0.717, 1.165) is 16.5 Å². The van der Waals surface area contributed by atoms with Gasteiger partial charge in [0, 0.05) is 24.1 Å². The van der Waals surface area contributed by atoms with Crippen molar-refractivity contribution in [2.24, 2.45) is 0 Å². The number of hydrogen-bond acceptors (Lipinski definition) is 4. The molecule has 24 heavy (non-hydrogen) atoms. The first-order valence-corrected chi connectivity index (χ1v) is 7.58. The number of aromatic nitrogens is 1. The summed E-state index contributed by atoms with van der Waals surface area (Å²) in [5.41, 5.74) is 2.62. The van der Waals surface area contributed by atoms with E-state index in [1.54, 1.807) is 17.0 Å². The number of nitrogens with zero attached hydrogens (tertiary/aromatic N) is 3. The molecule has 4 rings (SSSR count). The number of benzene rings is 2. The van der Waals surface area contributed by atoms with Crippen LogP contribution in [0.5, 0.6) is 0 Å². The predicted octanol–water partition coefficient (Wildman–Crippen LogP) is 3.35. The number of amides is 1. The highest BCUT2D eigenvalue weighted by molar-refractivity contribution is 6.07. The first-order valence-electron chi connectivity index (χ1n) is 7.58. The molecule has 0 spiro atoms. The summed E-state index contributed by atoms with van der Waals surface area (Å²) < 4.78 is 0. The smallest absolute Gasteiger partial charge is 0.276 e. The van der Waals surface area contributed by atoms with Crippen LogP contribution in [0, 0.1) is 10.1 Å². The predicted molar refractivity (Wildman–Crippen MR) is 90.2 cm³/mol. The monoisotopic (exact) mass is 319 g/mol. The van der Waals surface area contributed by atoms with Crippen molar-refractivity contribution < 1.29 is 9.72 Å². The van der Waals surface area contributed by atoms with Crippen molar-refractivity contribution in [2.75, 3.05) is 11.4 Å². The van der Waals surface area contributed by atoms with Gasteiger partial charge in [-0.1, -0.05) is 30.3 Å². The van der Waals surface area contributed by atoms with Crippen molar-refractivity contribution in [1.82, 2.24) is 4.98 Å². The molecule has 1 amide bonds. The number of anilines is 1. The topological polar surface area (TPSA) is 76.3 Å². The number of fused-ring (bicyclic) bond motifs is 2. The summed E-state index contributed by atoms with van der Waals surface area (Å²) in [5, 5.41) is 11.9. The van der Waals surface area contributed by atoms with Gasteiger partial charge in [0.2, 0.25) is 0 Å². The van der Waals surface area contributed by atoms with Crippen LogP contribution in [0.1, 0.15) is 16.1 Å². The molecule has 0 unspecified atom stereocenters. The van der Waals surface area contributed by atoms with Crippen molar-refractivity contribution in [2.45, 2.75) is 6.42 Å². The van der Waals surface area contributed by atoms with Gasteiger partial charge in [0.1, 0.15) is 5.69 Å². The van der Waals surface area contributed by atoms with E-state index >= 15 is 0 Å². The van der Waals surface area contributed by atoms with Gasteiger partial charge >= 0.3 is 0 Å². The second-order valence-electron chi connectivity index (χ2n) is 5.67. The van der Waals surface area contributed by atoms with Gasteiger partial charge in [0.05, 0.1) is 16.1 Å². The van der Waals surface area contributed by atoms with Crippen molar-refractivity contribution in [1.29, 1.82) is 0 Å². The van der Waals surface area contributed by atoms with Gasteiger partial charge in [-0.3, -0.25) is 14.9 Å². The SMILES string of the molecule is O=C(c1ccc2ccccc2n1)N1CCc2ccc([N+](=O)[O-])cc21. The molecule has 1 aromatic heterocycles. The number of hydrogen-bond donors (Lipinski definition) is 0. The molecule has 118 valence electrons. The highest BCUT2D eigenvalue weighted by Crippen LogP contribution is 2.32. The fraction of sp³-hybridized carbons (Fsp3) is 0.111. The summed E-state index contributed by atoms with van der Waals surface area (Å²) in [6, 6.07) is 15.8. The molecule has 6 heteroatoms. The number of para-hydroxylation sites is 1. The summed E-state index contributed by atoms with van der Waals surface area (Å²) in [7, 11) is 0. The Bertz CT molecular complexity index is 984. The minimum absolute atomic E-state index is 0.0140.